The molecule has 154 valence electrons. The largest absolute Gasteiger partial charge is 0.345 e. The van der Waals surface area contributed by atoms with Crippen LogP contribution in [0.3, 0.4) is 0 Å². The van der Waals surface area contributed by atoms with Crippen molar-refractivity contribution in [3.8, 4) is 0 Å². The Balaban J connectivity index is 1.47. The molecule has 4 rings (SSSR count). The van der Waals surface area contributed by atoms with E-state index in [-0.39, 0.29) is 5.91 Å². The van der Waals surface area contributed by atoms with Gasteiger partial charge in [-0.3, -0.25) is 4.79 Å². The lowest BCUT2D eigenvalue weighted by molar-refractivity contribution is 0.102. The molecular weight excluding hydrogens is 360 g/mol. The van der Waals surface area contributed by atoms with E-state index in [2.05, 4.69) is 40.3 Å². The van der Waals surface area contributed by atoms with Crippen LogP contribution in [0.5, 0.6) is 0 Å². The van der Waals surface area contributed by atoms with Crippen molar-refractivity contribution in [2.45, 2.75) is 39.0 Å². The normalized spacial score (nSPS) is 17.2. The van der Waals surface area contributed by atoms with Crippen molar-refractivity contribution >= 4 is 23.0 Å². The second-order valence-electron chi connectivity index (χ2n) is 8.19. The number of aromatic nitrogens is 1. The van der Waals surface area contributed by atoms with Gasteiger partial charge in [-0.1, -0.05) is 30.7 Å². The summed E-state index contributed by atoms with van der Waals surface area (Å²) < 4.78 is 1.94. The van der Waals surface area contributed by atoms with Crippen molar-refractivity contribution in [2.75, 3.05) is 36.4 Å². The summed E-state index contributed by atoms with van der Waals surface area (Å²) in [5.41, 5.74) is 4.82. The maximum atomic E-state index is 12.8. The number of carbonyl (C=O) groups excluding carboxylic acids is 1. The molecule has 3 heterocycles. The minimum absolute atomic E-state index is 0.0392. The van der Waals surface area contributed by atoms with Crippen molar-refractivity contribution < 1.29 is 4.79 Å². The topological polar surface area (TPSA) is 40.5 Å². The number of nitrogens with zero attached hydrogens (tertiary/aromatic N) is 3. The summed E-state index contributed by atoms with van der Waals surface area (Å²) in [5.74, 6) is -0.0392. The van der Waals surface area contributed by atoms with E-state index in [1.54, 1.807) is 0 Å². The molecule has 0 spiro atoms. The van der Waals surface area contributed by atoms with E-state index in [9.17, 15) is 4.79 Å². The molecule has 1 aromatic carbocycles. The SMILES string of the molecule is Cc1cn(C)c2c1N(CCC=CCCN1CCCCC1)c1ccccc1NC2=O. The number of hydrogen-bond donors (Lipinski definition) is 1. The summed E-state index contributed by atoms with van der Waals surface area (Å²) in [6.45, 7) is 6.62. The average molecular weight is 393 g/mol. The lowest BCUT2D eigenvalue weighted by Crippen LogP contribution is -2.30. The molecule has 2 aliphatic heterocycles. The highest BCUT2D eigenvalue weighted by atomic mass is 16.2. The summed E-state index contributed by atoms with van der Waals surface area (Å²) >= 11 is 0. The van der Waals surface area contributed by atoms with Gasteiger partial charge < -0.3 is 19.7 Å². The van der Waals surface area contributed by atoms with Crippen LogP contribution in [0.25, 0.3) is 0 Å². The number of hydrogen-bond acceptors (Lipinski definition) is 3. The van der Waals surface area contributed by atoms with Gasteiger partial charge in [0.05, 0.1) is 17.1 Å². The Hall–Kier alpha value is -2.53. The van der Waals surface area contributed by atoms with E-state index in [4.69, 9.17) is 0 Å². The fourth-order valence-corrected chi connectivity index (χ4v) is 4.61. The molecule has 0 saturated carbocycles. The number of nitrogens with one attached hydrogen (secondary N) is 1. The fourth-order valence-electron chi connectivity index (χ4n) is 4.61. The molecule has 2 aromatic rings. The maximum Gasteiger partial charge on any atom is 0.274 e. The van der Waals surface area contributed by atoms with Crippen LogP contribution in [-0.2, 0) is 7.05 Å². The zero-order valence-corrected chi connectivity index (χ0v) is 17.7. The van der Waals surface area contributed by atoms with Crippen molar-refractivity contribution in [1.29, 1.82) is 0 Å². The highest BCUT2D eigenvalue weighted by Crippen LogP contribution is 2.40. The molecule has 0 unspecified atom stereocenters. The zero-order chi connectivity index (χ0) is 20.2. The molecule has 1 N–H and O–H groups in total. The van der Waals surface area contributed by atoms with Gasteiger partial charge in [-0.2, -0.15) is 0 Å². The molecule has 0 aliphatic carbocycles. The first-order chi connectivity index (χ1) is 14.1. The predicted octanol–water partition coefficient (Wildman–Crippen LogP) is 4.86. The molecule has 0 radical (unpaired) electrons. The average Bonchev–Trinajstić information content (AvgIpc) is 2.95. The van der Waals surface area contributed by atoms with Gasteiger partial charge in [0.2, 0.25) is 0 Å². The maximum absolute atomic E-state index is 12.8. The summed E-state index contributed by atoms with van der Waals surface area (Å²) in [7, 11) is 1.94. The van der Waals surface area contributed by atoms with Gasteiger partial charge in [0.15, 0.2) is 0 Å². The molecular formula is C24H32N4O. The van der Waals surface area contributed by atoms with Crippen molar-refractivity contribution in [2.24, 2.45) is 7.05 Å². The number of benzene rings is 1. The predicted molar refractivity (Wildman–Crippen MR) is 120 cm³/mol. The van der Waals surface area contributed by atoms with E-state index in [0.29, 0.717) is 0 Å². The van der Waals surface area contributed by atoms with Gasteiger partial charge in [0.25, 0.3) is 5.91 Å². The first kappa shape index (κ1) is 19.8. The van der Waals surface area contributed by atoms with Gasteiger partial charge in [-0.15, -0.1) is 0 Å². The number of piperidine rings is 1. The number of carbonyl (C=O) groups is 1. The van der Waals surface area contributed by atoms with Crippen molar-refractivity contribution in [1.82, 2.24) is 9.47 Å². The fraction of sp³-hybridized carbons (Fsp3) is 0.458. The summed E-state index contributed by atoms with van der Waals surface area (Å²) in [4.78, 5) is 17.7. The third-order valence-electron chi connectivity index (χ3n) is 6.01. The Labute approximate surface area is 174 Å². The lowest BCUT2D eigenvalue weighted by Gasteiger charge is -2.26. The number of aryl methyl sites for hydroxylation is 2. The molecule has 5 heteroatoms. The first-order valence-electron chi connectivity index (χ1n) is 10.9. The third kappa shape index (κ3) is 4.25. The Morgan fingerprint density at radius 1 is 1.03 bits per heavy atom. The summed E-state index contributed by atoms with van der Waals surface area (Å²) in [6.07, 6.45) is 12.8. The van der Waals surface area contributed by atoms with Crippen LogP contribution in [-0.4, -0.2) is 41.6 Å². The highest BCUT2D eigenvalue weighted by molar-refractivity contribution is 6.12. The Bertz CT molecular complexity index is 892. The Morgan fingerprint density at radius 2 is 1.76 bits per heavy atom. The van der Waals surface area contributed by atoms with Crippen LogP contribution in [0.15, 0.2) is 42.6 Å². The molecule has 1 saturated heterocycles. The number of likely N-dealkylation sites (tertiary alicyclic amines) is 1. The molecule has 1 amide bonds. The minimum atomic E-state index is -0.0392. The number of anilines is 3. The van der Waals surface area contributed by atoms with Crippen LogP contribution in [0.2, 0.25) is 0 Å². The number of para-hydroxylation sites is 2. The zero-order valence-electron chi connectivity index (χ0n) is 17.7. The number of amides is 1. The molecule has 0 atom stereocenters. The Kier molecular flexibility index (Phi) is 6.05. The van der Waals surface area contributed by atoms with Gasteiger partial charge in [0, 0.05) is 26.3 Å². The van der Waals surface area contributed by atoms with Crippen LogP contribution >= 0.6 is 0 Å². The van der Waals surface area contributed by atoms with Crippen LogP contribution in [0, 0.1) is 6.92 Å². The smallest absolute Gasteiger partial charge is 0.274 e. The first-order valence-corrected chi connectivity index (χ1v) is 10.9. The van der Waals surface area contributed by atoms with Crippen molar-refractivity contribution in [3.63, 3.8) is 0 Å². The van der Waals surface area contributed by atoms with E-state index in [0.717, 1.165) is 47.7 Å². The number of rotatable bonds is 6. The van der Waals surface area contributed by atoms with E-state index in [1.807, 2.05) is 36.0 Å². The second kappa shape index (κ2) is 8.87. The minimum Gasteiger partial charge on any atom is -0.345 e. The Morgan fingerprint density at radius 3 is 2.55 bits per heavy atom. The van der Waals surface area contributed by atoms with E-state index < -0.39 is 0 Å². The summed E-state index contributed by atoms with van der Waals surface area (Å²) in [6, 6.07) is 8.09. The molecule has 29 heavy (non-hydrogen) atoms. The molecule has 1 aromatic heterocycles. The molecule has 1 fully saturated rings. The molecule has 0 bridgehead atoms. The van der Waals surface area contributed by atoms with Crippen LogP contribution in [0.1, 0.15) is 48.2 Å². The van der Waals surface area contributed by atoms with Gasteiger partial charge >= 0.3 is 0 Å². The van der Waals surface area contributed by atoms with Gasteiger partial charge in [-0.25, -0.2) is 0 Å². The lowest BCUT2D eigenvalue weighted by atomic mass is 10.1. The molecule has 5 nitrogen and oxygen atoms in total. The van der Waals surface area contributed by atoms with E-state index >= 15 is 0 Å². The van der Waals surface area contributed by atoms with E-state index in [1.165, 1.54) is 38.9 Å². The van der Waals surface area contributed by atoms with Crippen molar-refractivity contribution in [3.05, 3.63) is 53.9 Å². The number of fused-ring (bicyclic) bond motifs is 2. The van der Waals surface area contributed by atoms with Crippen LogP contribution < -0.4 is 10.2 Å². The quantitative estimate of drug-likeness (QED) is 0.714. The standard InChI is InChI=1S/C24H32N4O/c1-19-18-26(2)23-22(19)28(21-13-7-6-12-20(21)25-24(23)29)17-11-4-3-8-14-27-15-9-5-10-16-27/h3-4,6-7,12-13,18H,5,8-11,14-17H2,1-2H3,(H,25,29). The monoisotopic (exact) mass is 392 g/mol. The summed E-state index contributed by atoms with van der Waals surface area (Å²) in [5, 5.41) is 3.08. The third-order valence-corrected chi connectivity index (χ3v) is 6.01. The second-order valence-corrected chi connectivity index (χ2v) is 8.19. The van der Waals surface area contributed by atoms with Gasteiger partial charge in [0.1, 0.15) is 5.69 Å². The highest BCUT2D eigenvalue weighted by Gasteiger charge is 2.29. The van der Waals surface area contributed by atoms with Gasteiger partial charge in [-0.05, 0) is 63.4 Å². The molecule has 2 aliphatic rings. The van der Waals surface area contributed by atoms with Crippen LogP contribution in [0.4, 0.5) is 17.1 Å².